The van der Waals surface area contributed by atoms with Crippen LogP contribution in [0.5, 0.6) is 5.75 Å². The van der Waals surface area contributed by atoms with E-state index >= 15 is 0 Å². The highest BCUT2D eigenvalue weighted by atomic mass is 35.5. The smallest absolute Gasteiger partial charge is 0.248 e. The van der Waals surface area contributed by atoms with Crippen LogP contribution in [0, 0.1) is 13.8 Å². The predicted octanol–water partition coefficient (Wildman–Crippen LogP) is 3.22. The molecule has 0 radical (unpaired) electrons. The molecule has 0 fully saturated rings. The monoisotopic (exact) mass is 304 g/mol. The second-order valence-electron chi connectivity index (χ2n) is 4.93. The molecule has 0 aliphatic heterocycles. The van der Waals surface area contributed by atoms with Crippen molar-refractivity contribution >= 4 is 23.2 Å². The fourth-order valence-electron chi connectivity index (χ4n) is 1.94. The summed E-state index contributed by atoms with van der Waals surface area (Å²) in [6.07, 6.45) is 0. The third kappa shape index (κ3) is 3.47. The van der Waals surface area contributed by atoms with Crippen molar-refractivity contribution in [1.29, 1.82) is 0 Å². The van der Waals surface area contributed by atoms with Crippen LogP contribution >= 0.6 is 11.6 Å². The van der Waals surface area contributed by atoms with Gasteiger partial charge in [-0.25, -0.2) is 0 Å². The molecule has 0 aromatic heterocycles. The second kappa shape index (κ2) is 6.06. The number of amides is 1. The van der Waals surface area contributed by atoms with Gasteiger partial charge < -0.3 is 16.2 Å². The molecule has 4 N–H and O–H groups in total. The molecule has 0 saturated carbocycles. The van der Waals surface area contributed by atoms with Gasteiger partial charge in [0.1, 0.15) is 12.4 Å². The average molecular weight is 305 g/mol. The van der Waals surface area contributed by atoms with Crippen molar-refractivity contribution in [3.63, 3.8) is 0 Å². The molecule has 5 heteroatoms. The zero-order chi connectivity index (χ0) is 15.6. The van der Waals surface area contributed by atoms with Crippen LogP contribution in [0.2, 0.25) is 5.02 Å². The maximum absolute atomic E-state index is 11.1. The van der Waals surface area contributed by atoms with Gasteiger partial charge in [-0.1, -0.05) is 17.7 Å². The van der Waals surface area contributed by atoms with E-state index in [4.69, 9.17) is 27.8 Å². The molecule has 0 unspecified atom stereocenters. The number of nitrogen functional groups attached to an aromatic ring is 1. The Balaban J connectivity index is 2.17. The van der Waals surface area contributed by atoms with E-state index in [2.05, 4.69) is 0 Å². The number of carbonyl (C=O) groups excluding carboxylic acids is 1. The summed E-state index contributed by atoms with van der Waals surface area (Å²) in [5.74, 6) is 0.256. The van der Waals surface area contributed by atoms with Crippen LogP contribution in [0.15, 0.2) is 30.3 Å². The number of benzene rings is 2. The van der Waals surface area contributed by atoms with Crippen LogP contribution in [0.25, 0.3) is 0 Å². The second-order valence-corrected chi connectivity index (χ2v) is 5.34. The number of carbonyl (C=O) groups is 1. The largest absolute Gasteiger partial charge is 0.489 e. The van der Waals surface area contributed by atoms with E-state index in [1.54, 1.807) is 18.2 Å². The lowest BCUT2D eigenvalue weighted by molar-refractivity contribution is 0.1000. The highest BCUT2D eigenvalue weighted by Crippen LogP contribution is 2.26. The molecular weight excluding hydrogens is 288 g/mol. The predicted molar refractivity (Wildman–Crippen MR) is 84.6 cm³/mol. The molecule has 21 heavy (non-hydrogen) atoms. The normalized spacial score (nSPS) is 10.4. The van der Waals surface area contributed by atoms with Crippen LogP contribution in [0.1, 0.15) is 27.0 Å². The number of nitrogens with two attached hydrogens (primary N) is 2. The molecule has 0 aliphatic carbocycles. The van der Waals surface area contributed by atoms with Gasteiger partial charge in [0.05, 0.1) is 0 Å². The number of aryl methyl sites for hydroxylation is 2. The third-order valence-electron chi connectivity index (χ3n) is 3.28. The highest BCUT2D eigenvalue weighted by molar-refractivity contribution is 6.31. The van der Waals surface area contributed by atoms with Crippen molar-refractivity contribution in [1.82, 2.24) is 0 Å². The lowest BCUT2D eigenvalue weighted by atomic mass is 10.1. The van der Waals surface area contributed by atoms with E-state index in [9.17, 15) is 4.79 Å². The topological polar surface area (TPSA) is 78.3 Å². The number of halogens is 1. The van der Waals surface area contributed by atoms with Gasteiger partial charge in [0.25, 0.3) is 0 Å². The molecule has 0 saturated heterocycles. The molecule has 0 atom stereocenters. The van der Waals surface area contributed by atoms with Crippen LogP contribution in [-0.2, 0) is 6.61 Å². The van der Waals surface area contributed by atoms with Crippen LogP contribution in [0.3, 0.4) is 0 Å². The Morgan fingerprint density at radius 2 is 1.90 bits per heavy atom. The molecule has 2 aromatic carbocycles. The maximum Gasteiger partial charge on any atom is 0.248 e. The Morgan fingerprint density at radius 3 is 2.52 bits per heavy atom. The van der Waals surface area contributed by atoms with Crippen molar-refractivity contribution in [2.24, 2.45) is 5.73 Å². The Kier molecular flexibility index (Phi) is 4.38. The van der Waals surface area contributed by atoms with Crippen LogP contribution in [0.4, 0.5) is 5.69 Å². The minimum Gasteiger partial charge on any atom is -0.489 e. The number of ether oxygens (including phenoxy) is 1. The summed E-state index contributed by atoms with van der Waals surface area (Å²) in [4.78, 5) is 11.1. The Labute approximate surface area is 128 Å². The Bertz CT molecular complexity index is 699. The van der Waals surface area contributed by atoms with Gasteiger partial charge in [-0.2, -0.15) is 0 Å². The van der Waals surface area contributed by atoms with E-state index < -0.39 is 5.91 Å². The molecule has 2 aromatic rings. The number of rotatable bonds is 4. The van der Waals surface area contributed by atoms with Gasteiger partial charge in [-0.3, -0.25) is 4.79 Å². The van der Waals surface area contributed by atoms with Crippen molar-refractivity contribution in [2.75, 3.05) is 5.73 Å². The molecule has 0 bridgehead atoms. The third-order valence-corrected chi connectivity index (χ3v) is 3.64. The molecule has 110 valence electrons. The standard InChI is InChI=1S/C16H17ClN2O2/c1-9-6-15(10(2)5-14(9)18)21-8-12-4-3-11(16(19)20)7-13(12)17/h3-7H,8,18H2,1-2H3,(H2,19,20). The van der Waals surface area contributed by atoms with Gasteiger partial charge in [0.2, 0.25) is 5.91 Å². The molecule has 0 spiro atoms. The number of primary amides is 1. The highest BCUT2D eigenvalue weighted by Gasteiger charge is 2.08. The fraction of sp³-hybridized carbons (Fsp3) is 0.188. The first kappa shape index (κ1) is 15.2. The Morgan fingerprint density at radius 1 is 1.19 bits per heavy atom. The molecule has 0 aliphatic rings. The van der Waals surface area contributed by atoms with E-state index in [1.165, 1.54) is 0 Å². The molecule has 2 rings (SSSR count). The summed E-state index contributed by atoms with van der Waals surface area (Å²) >= 11 is 6.13. The zero-order valence-electron chi connectivity index (χ0n) is 11.9. The summed E-state index contributed by atoms with van der Waals surface area (Å²) in [5.41, 5.74) is 14.9. The SMILES string of the molecule is Cc1cc(OCc2ccc(C(N)=O)cc2Cl)c(C)cc1N. The average Bonchev–Trinajstić information content (AvgIpc) is 2.42. The Hall–Kier alpha value is -2.20. The first-order valence-electron chi connectivity index (χ1n) is 6.46. The van der Waals surface area contributed by atoms with E-state index in [1.807, 2.05) is 26.0 Å². The maximum atomic E-state index is 11.1. The van der Waals surface area contributed by atoms with Crippen LogP contribution in [-0.4, -0.2) is 5.91 Å². The van der Waals surface area contributed by atoms with Gasteiger partial charge in [0.15, 0.2) is 0 Å². The molecule has 0 heterocycles. The van der Waals surface area contributed by atoms with Gasteiger partial charge in [-0.05, 0) is 49.2 Å². The number of hydrogen-bond acceptors (Lipinski definition) is 3. The summed E-state index contributed by atoms with van der Waals surface area (Å²) < 4.78 is 5.78. The van der Waals surface area contributed by atoms with Crippen molar-refractivity contribution in [3.05, 3.63) is 57.6 Å². The summed E-state index contributed by atoms with van der Waals surface area (Å²) in [6.45, 7) is 4.17. The number of anilines is 1. The lowest BCUT2D eigenvalue weighted by Gasteiger charge is -2.12. The van der Waals surface area contributed by atoms with Crippen molar-refractivity contribution < 1.29 is 9.53 Å². The minimum absolute atomic E-state index is 0.308. The van der Waals surface area contributed by atoms with Gasteiger partial charge in [-0.15, -0.1) is 0 Å². The summed E-state index contributed by atoms with van der Waals surface area (Å²) in [7, 11) is 0. The summed E-state index contributed by atoms with van der Waals surface area (Å²) in [5, 5.41) is 0.455. The number of hydrogen-bond donors (Lipinski definition) is 2. The quantitative estimate of drug-likeness (QED) is 0.851. The van der Waals surface area contributed by atoms with Gasteiger partial charge >= 0.3 is 0 Å². The van der Waals surface area contributed by atoms with Crippen LogP contribution < -0.4 is 16.2 Å². The fourth-order valence-corrected chi connectivity index (χ4v) is 2.18. The first-order chi connectivity index (χ1) is 9.88. The first-order valence-corrected chi connectivity index (χ1v) is 6.84. The van der Waals surface area contributed by atoms with E-state index in [0.717, 1.165) is 28.1 Å². The minimum atomic E-state index is -0.505. The molecule has 1 amide bonds. The van der Waals surface area contributed by atoms with Crippen molar-refractivity contribution in [3.8, 4) is 5.75 Å². The lowest BCUT2D eigenvalue weighted by Crippen LogP contribution is -2.11. The summed E-state index contributed by atoms with van der Waals surface area (Å²) in [6, 6.07) is 8.69. The zero-order valence-corrected chi connectivity index (χ0v) is 12.7. The molecule has 4 nitrogen and oxygen atoms in total. The van der Waals surface area contributed by atoms with Gasteiger partial charge in [0, 0.05) is 21.8 Å². The van der Waals surface area contributed by atoms with Crippen molar-refractivity contribution in [2.45, 2.75) is 20.5 Å². The van der Waals surface area contributed by atoms with E-state index in [0.29, 0.717) is 17.2 Å². The molecular formula is C16H17ClN2O2. The van der Waals surface area contributed by atoms with E-state index in [-0.39, 0.29) is 0 Å².